The van der Waals surface area contributed by atoms with Crippen molar-refractivity contribution in [3.63, 3.8) is 0 Å². The summed E-state index contributed by atoms with van der Waals surface area (Å²) in [5.74, 6) is -1.02. The van der Waals surface area contributed by atoms with Crippen LogP contribution in [0.25, 0.3) is 6.08 Å². The first kappa shape index (κ1) is 18.4. The van der Waals surface area contributed by atoms with Crippen LogP contribution in [0.15, 0.2) is 53.4 Å². The van der Waals surface area contributed by atoms with E-state index in [1.807, 2.05) is 0 Å². The summed E-state index contributed by atoms with van der Waals surface area (Å²) in [7, 11) is -3.87. The molecule has 2 aromatic rings. The van der Waals surface area contributed by atoms with Crippen LogP contribution < -0.4 is 4.74 Å². The molecule has 0 aromatic heterocycles. The summed E-state index contributed by atoms with van der Waals surface area (Å²) in [4.78, 5) is 10.5. The molecule has 0 N–H and O–H groups in total. The summed E-state index contributed by atoms with van der Waals surface area (Å²) in [5.41, 5.74) is 0.850. The standard InChI is InChI=1S/C18H14FNO4S/c1-13(21)24-17-8-4-14(5-9-17)10-18(11-20)25(22,23)12-15-2-6-16(19)7-3-15/h2-10H,12H2,1H3/b18-10+. The van der Waals surface area contributed by atoms with Crippen molar-refractivity contribution in [2.45, 2.75) is 12.7 Å². The van der Waals surface area contributed by atoms with Gasteiger partial charge in [-0.1, -0.05) is 24.3 Å². The Morgan fingerprint density at radius 2 is 1.76 bits per heavy atom. The van der Waals surface area contributed by atoms with Crippen molar-refractivity contribution in [3.05, 3.63) is 70.4 Å². The van der Waals surface area contributed by atoms with Gasteiger partial charge in [-0.05, 0) is 41.5 Å². The number of allylic oxidation sites excluding steroid dienone is 1. The molecule has 0 heterocycles. The molecule has 0 aliphatic rings. The fourth-order valence-corrected chi connectivity index (χ4v) is 3.26. The second-order valence-electron chi connectivity index (χ2n) is 5.17. The highest BCUT2D eigenvalue weighted by atomic mass is 32.2. The lowest BCUT2D eigenvalue weighted by molar-refractivity contribution is -0.131. The van der Waals surface area contributed by atoms with Crippen molar-refractivity contribution in [2.75, 3.05) is 0 Å². The first-order valence-corrected chi connectivity index (χ1v) is 8.83. The van der Waals surface area contributed by atoms with Gasteiger partial charge in [-0.3, -0.25) is 4.79 Å². The van der Waals surface area contributed by atoms with Gasteiger partial charge in [0.05, 0.1) is 5.75 Å². The van der Waals surface area contributed by atoms with Crippen molar-refractivity contribution in [1.82, 2.24) is 0 Å². The minimum absolute atomic E-state index is 0.317. The zero-order valence-electron chi connectivity index (χ0n) is 13.3. The molecule has 2 aromatic carbocycles. The van der Waals surface area contributed by atoms with E-state index in [-0.39, 0.29) is 0 Å². The van der Waals surface area contributed by atoms with Gasteiger partial charge in [0.1, 0.15) is 22.5 Å². The fourth-order valence-electron chi connectivity index (χ4n) is 2.02. The van der Waals surface area contributed by atoms with E-state index in [1.54, 1.807) is 6.07 Å². The van der Waals surface area contributed by atoms with Crippen LogP contribution in [-0.4, -0.2) is 14.4 Å². The Labute approximate surface area is 144 Å². The number of sulfone groups is 1. The molecule has 0 aliphatic heterocycles. The highest BCUT2D eigenvalue weighted by Gasteiger charge is 2.18. The van der Waals surface area contributed by atoms with Crippen molar-refractivity contribution < 1.29 is 22.3 Å². The molecule has 7 heteroatoms. The number of nitrogens with zero attached hydrogens (tertiary/aromatic N) is 1. The fraction of sp³-hybridized carbons (Fsp3) is 0.111. The smallest absolute Gasteiger partial charge is 0.308 e. The first-order valence-electron chi connectivity index (χ1n) is 7.17. The Kier molecular flexibility index (Phi) is 5.67. The number of halogens is 1. The van der Waals surface area contributed by atoms with Gasteiger partial charge in [-0.15, -0.1) is 0 Å². The van der Waals surface area contributed by atoms with Gasteiger partial charge in [0, 0.05) is 6.92 Å². The van der Waals surface area contributed by atoms with Crippen molar-refractivity contribution in [1.29, 1.82) is 5.26 Å². The molecule has 25 heavy (non-hydrogen) atoms. The molecular weight excluding hydrogens is 345 g/mol. The maximum Gasteiger partial charge on any atom is 0.308 e. The second-order valence-corrected chi connectivity index (χ2v) is 7.13. The van der Waals surface area contributed by atoms with Crippen molar-refractivity contribution in [2.24, 2.45) is 0 Å². The van der Waals surface area contributed by atoms with Crippen LogP contribution in [0.2, 0.25) is 0 Å². The van der Waals surface area contributed by atoms with Crippen LogP contribution in [0.1, 0.15) is 18.1 Å². The highest BCUT2D eigenvalue weighted by molar-refractivity contribution is 7.95. The maximum atomic E-state index is 12.9. The number of carbonyl (C=O) groups is 1. The molecule has 2 rings (SSSR count). The Hall–Kier alpha value is -2.98. The number of hydrogen-bond acceptors (Lipinski definition) is 5. The lowest BCUT2D eigenvalue weighted by atomic mass is 10.2. The summed E-state index contributed by atoms with van der Waals surface area (Å²) < 4.78 is 42.5. The number of benzene rings is 2. The van der Waals surface area contributed by atoms with Gasteiger partial charge in [0.15, 0.2) is 9.84 Å². The molecule has 0 unspecified atom stereocenters. The monoisotopic (exact) mass is 359 g/mol. The van der Waals surface area contributed by atoms with E-state index in [1.165, 1.54) is 49.4 Å². The van der Waals surface area contributed by atoms with Gasteiger partial charge in [0.25, 0.3) is 0 Å². The Morgan fingerprint density at radius 1 is 1.16 bits per heavy atom. The zero-order chi connectivity index (χ0) is 18.4. The Bertz CT molecular complexity index is 940. The average molecular weight is 359 g/mol. The summed E-state index contributed by atoms with van der Waals surface area (Å²) in [6.45, 7) is 1.27. The average Bonchev–Trinajstić information content (AvgIpc) is 2.55. The molecule has 0 bridgehead atoms. The van der Waals surface area contributed by atoms with Crippen LogP contribution in [0.4, 0.5) is 4.39 Å². The molecule has 0 saturated heterocycles. The van der Waals surface area contributed by atoms with E-state index in [4.69, 9.17) is 4.74 Å². The van der Waals surface area contributed by atoms with E-state index in [0.29, 0.717) is 16.9 Å². The normalized spacial score (nSPS) is 11.6. The topological polar surface area (TPSA) is 84.2 Å². The van der Waals surface area contributed by atoms with Gasteiger partial charge >= 0.3 is 5.97 Å². The molecule has 0 amide bonds. The van der Waals surface area contributed by atoms with E-state index in [2.05, 4.69) is 0 Å². The van der Waals surface area contributed by atoms with E-state index in [9.17, 15) is 22.9 Å². The number of ether oxygens (including phenoxy) is 1. The Balaban J connectivity index is 2.24. The van der Waals surface area contributed by atoms with E-state index in [0.717, 1.165) is 12.1 Å². The lowest BCUT2D eigenvalue weighted by Crippen LogP contribution is -2.06. The summed E-state index contributed by atoms with van der Waals surface area (Å²) in [6.07, 6.45) is 1.23. The number of esters is 1. The van der Waals surface area contributed by atoms with E-state index < -0.39 is 32.3 Å². The van der Waals surface area contributed by atoms with Crippen LogP contribution in [0.5, 0.6) is 5.75 Å². The number of hydrogen-bond donors (Lipinski definition) is 0. The third kappa shape index (κ3) is 5.26. The molecule has 0 radical (unpaired) electrons. The number of nitriles is 1. The molecule has 0 spiro atoms. The van der Waals surface area contributed by atoms with Crippen molar-refractivity contribution in [3.8, 4) is 11.8 Å². The maximum absolute atomic E-state index is 12.9. The van der Waals surface area contributed by atoms with Crippen LogP contribution >= 0.6 is 0 Å². The van der Waals surface area contributed by atoms with Crippen molar-refractivity contribution >= 4 is 21.9 Å². The number of carbonyl (C=O) groups excluding carboxylic acids is 1. The van der Waals surface area contributed by atoms with Gasteiger partial charge in [0.2, 0.25) is 0 Å². The SMILES string of the molecule is CC(=O)Oc1ccc(/C=C(\C#N)S(=O)(=O)Cc2ccc(F)cc2)cc1. The number of rotatable bonds is 5. The molecular formula is C18H14FNO4S. The summed E-state index contributed by atoms with van der Waals surface area (Å²) >= 11 is 0. The quantitative estimate of drug-likeness (QED) is 0.465. The molecule has 0 aliphatic carbocycles. The van der Waals surface area contributed by atoms with Gasteiger partial charge in [-0.25, -0.2) is 12.8 Å². The predicted molar refractivity (Wildman–Crippen MR) is 90.4 cm³/mol. The minimum Gasteiger partial charge on any atom is -0.427 e. The minimum atomic E-state index is -3.87. The molecule has 0 fully saturated rings. The molecule has 5 nitrogen and oxygen atoms in total. The third-order valence-electron chi connectivity index (χ3n) is 3.15. The molecule has 128 valence electrons. The lowest BCUT2D eigenvalue weighted by Gasteiger charge is -2.04. The van der Waals surface area contributed by atoms with Gasteiger partial charge in [-0.2, -0.15) is 5.26 Å². The van der Waals surface area contributed by atoms with Gasteiger partial charge < -0.3 is 4.74 Å². The molecule has 0 saturated carbocycles. The largest absolute Gasteiger partial charge is 0.427 e. The Morgan fingerprint density at radius 3 is 2.28 bits per heavy atom. The zero-order valence-corrected chi connectivity index (χ0v) is 14.1. The third-order valence-corrected chi connectivity index (χ3v) is 4.75. The second kappa shape index (κ2) is 7.73. The van der Waals surface area contributed by atoms with Crippen LogP contribution in [0, 0.1) is 17.1 Å². The van der Waals surface area contributed by atoms with E-state index >= 15 is 0 Å². The highest BCUT2D eigenvalue weighted by Crippen LogP contribution is 2.19. The van der Waals surface area contributed by atoms with Crippen LogP contribution in [0.3, 0.4) is 0 Å². The summed E-state index contributed by atoms with van der Waals surface area (Å²) in [5, 5.41) is 9.19. The molecule has 0 atom stereocenters. The first-order chi connectivity index (χ1) is 11.8. The summed E-state index contributed by atoms with van der Waals surface area (Å²) in [6, 6.07) is 12.8. The van der Waals surface area contributed by atoms with Crippen LogP contribution in [-0.2, 0) is 20.4 Å². The predicted octanol–water partition coefficient (Wildman–Crippen LogP) is 3.23.